The molecule has 244 valence electrons. The SMILES string of the molecule is CNCC#Cc1ccc(OCCCc2sc(N(CCCCO)c3cc(C)c(Nc4nc5ccccc5s4)nn3)nc2C(=O)O)c(F)c1. The van der Waals surface area contributed by atoms with Gasteiger partial charge in [0.15, 0.2) is 39.2 Å². The van der Waals surface area contributed by atoms with E-state index in [0.29, 0.717) is 71.1 Å². The van der Waals surface area contributed by atoms with E-state index in [2.05, 4.69) is 42.6 Å². The van der Waals surface area contributed by atoms with Crippen molar-refractivity contribution in [2.75, 3.05) is 43.6 Å². The molecule has 0 unspecified atom stereocenters. The molecule has 0 amide bonds. The lowest BCUT2D eigenvalue weighted by atomic mass is 10.2. The third-order valence-electron chi connectivity index (χ3n) is 6.91. The predicted octanol–water partition coefficient (Wildman–Crippen LogP) is 5.93. The number of rotatable bonds is 15. The van der Waals surface area contributed by atoms with Gasteiger partial charge in [-0.05, 0) is 81.6 Å². The molecule has 4 N–H and O–H groups in total. The Morgan fingerprint density at radius 2 is 1.94 bits per heavy atom. The van der Waals surface area contributed by atoms with Gasteiger partial charge in [0.05, 0.1) is 23.4 Å². The molecule has 0 saturated heterocycles. The van der Waals surface area contributed by atoms with Gasteiger partial charge in [-0.15, -0.1) is 21.5 Å². The van der Waals surface area contributed by atoms with Crippen molar-refractivity contribution < 1.29 is 24.1 Å². The van der Waals surface area contributed by atoms with Gasteiger partial charge in [-0.3, -0.25) is 0 Å². The van der Waals surface area contributed by atoms with Gasteiger partial charge in [-0.1, -0.05) is 35.3 Å². The number of aliphatic hydroxyl groups is 1. The minimum atomic E-state index is -1.14. The van der Waals surface area contributed by atoms with Gasteiger partial charge in [-0.2, -0.15) is 0 Å². The van der Waals surface area contributed by atoms with Crippen molar-refractivity contribution in [1.82, 2.24) is 25.5 Å². The first-order chi connectivity index (χ1) is 22.9. The fourth-order valence-corrected chi connectivity index (χ4v) is 6.57. The lowest BCUT2D eigenvalue weighted by Gasteiger charge is -2.21. The topological polar surface area (TPSA) is 146 Å². The third kappa shape index (κ3) is 8.78. The molecule has 0 aliphatic heterocycles. The quantitative estimate of drug-likeness (QED) is 0.0774. The maximum atomic E-state index is 14.5. The molecule has 0 bridgehead atoms. The first-order valence-corrected chi connectivity index (χ1v) is 16.6. The number of nitrogens with one attached hydrogen (secondary N) is 2. The standard InChI is InChI=1S/C33H34FN7O4S2/c1-21-19-28(39-40-30(21)38-32-36-24-10-3-4-11-26(24)46-32)41(16-5-6-17-42)33-37-29(31(43)44)27(47-33)12-8-18-45-25-14-13-22(20-23(25)34)9-7-15-35-2/h3-4,10-11,13-14,19-20,35,42H,5-6,8,12,15-18H2,1-2H3,(H,43,44)(H,36,38,40). The Balaban J connectivity index is 1.29. The number of aromatic carboxylic acids is 1. The molecule has 0 aliphatic carbocycles. The Morgan fingerprint density at radius 1 is 1.09 bits per heavy atom. The van der Waals surface area contributed by atoms with Crippen molar-refractivity contribution in [3.8, 4) is 17.6 Å². The molecule has 0 saturated carbocycles. The van der Waals surface area contributed by atoms with Gasteiger partial charge in [0.1, 0.15) is 0 Å². The van der Waals surface area contributed by atoms with E-state index in [0.717, 1.165) is 15.8 Å². The average Bonchev–Trinajstić information content (AvgIpc) is 3.67. The number of ether oxygens (including phenoxy) is 1. The lowest BCUT2D eigenvalue weighted by molar-refractivity contribution is 0.0690. The van der Waals surface area contributed by atoms with Gasteiger partial charge in [0.2, 0.25) is 0 Å². The number of para-hydroxylation sites is 1. The molecule has 0 spiro atoms. The summed E-state index contributed by atoms with van der Waals surface area (Å²) < 4.78 is 21.2. The molecular weight excluding hydrogens is 642 g/mol. The molecule has 47 heavy (non-hydrogen) atoms. The third-order valence-corrected chi connectivity index (χ3v) is 9.00. The van der Waals surface area contributed by atoms with E-state index in [1.54, 1.807) is 19.2 Å². The highest BCUT2D eigenvalue weighted by atomic mass is 32.1. The molecule has 0 fully saturated rings. The summed E-state index contributed by atoms with van der Waals surface area (Å²) in [6.07, 6.45) is 2.00. The molecule has 0 aliphatic rings. The summed E-state index contributed by atoms with van der Waals surface area (Å²) in [7, 11) is 1.78. The summed E-state index contributed by atoms with van der Waals surface area (Å²) in [5, 5.41) is 35.5. The maximum absolute atomic E-state index is 14.5. The second-order valence-corrected chi connectivity index (χ2v) is 12.5. The highest BCUT2D eigenvalue weighted by molar-refractivity contribution is 7.22. The monoisotopic (exact) mass is 675 g/mol. The minimum Gasteiger partial charge on any atom is -0.491 e. The van der Waals surface area contributed by atoms with Crippen LogP contribution in [-0.2, 0) is 6.42 Å². The zero-order chi connectivity index (χ0) is 33.2. The van der Waals surface area contributed by atoms with E-state index < -0.39 is 11.8 Å². The number of hydrogen-bond acceptors (Lipinski definition) is 12. The summed E-state index contributed by atoms with van der Waals surface area (Å²) in [6.45, 7) is 3.06. The Kier molecular flexibility index (Phi) is 11.6. The zero-order valence-electron chi connectivity index (χ0n) is 25.9. The van der Waals surface area contributed by atoms with Crippen molar-refractivity contribution in [2.45, 2.75) is 32.6 Å². The molecular formula is C33H34FN7O4S2. The van der Waals surface area contributed by atoms with Crippen molar-refractivity contribution in [3.63, 3.8) is 0 Å². The number of nitrogens with zero attached hydrogens (tertiary/aromatic N) is 5. The number of aryl methyl sites for hydroxylation is 2. The number of carboxylic acids is 1. The van der Waals surface area contributed by atoms with Gasteiger partial charge < -0.3 is 30.5 Å². The average molecular weight is 676 g/mol. The summed E-state index contributed by atoms with van der Waals surface area (Å²) in [6, 6.07) is 14.3. The van der Waals surface area contributed by atoms with Gasteiger partial charge in [0, 0.05) is 23.6 Å². The molecule has 2 aromatic carbocycles. The van der Waals surface area contributed by atoms with Crippen LogP contribution in [0.15, 0.2) is 48.5 Å². The number of aromatic nitrogens is 4. The van der Waals surface area contributed by atoms with Crippen LogP contribution < -0.4 is 20.3 Å². The van der Waals surface area contributed by atoms with Gasteiger partial charge in [0.25, 0.3) is 0 Å². The maximum Gasteiger partial charge on any atom is 0.355 e. The fourth-order valence-electron chi connectivity index (χ4n) is 4.58. The highest BCUT2D eigenvalue weighted by Gasteiger charge is 2.23. The number of carboxylic acid groups (broad SMARTS) is 1. The van der Waals surface area contributed by atoms with Crippen molar-refractivity contribution >= 4 is 60.8 Å². The van der Waals surface area contributed by atoms with Gasteiger partial charge in [-0.25, -0.2) is 19.2 Å². The van der Waals surface area contributed by atoms with E-state index in [-0.39, 0.29) is 24.7 Å². The summed E-state index contributed by atoms with van der Waals surface area (Å²) in [5.74, 6) is 5.29. The molecule has 3 aromatic heterocycles. The first-order valence-electron chi connectivity index (χ1n) is 15.0. The van der Waals surface area contributed by atoms with Crippen LogP contribution in [0.1, 0.15) is 45.8 Å². The van der Waals surface area contributed by atoms with Crippen molar-refractivity contribution in [2.24, 2.45) is 0 Å². The van der Waals surface area contributed by atoms with Crippen LogP contribution in [0.3, 0.4) is 0 Å². The van der Waals surface area contributed by atoms with Crippen LogP contribution in [0.2, 0.25) is 0 Å². The second-order valence-electron chi connectivity index (χ2n) is 10.4. The van der Waals surface area contributed by atoms with Gasteiger partial charge >= 0.3 is 5.97 Å². The van der Waals surface area contributed by atoms with E-state index in [4.69, 9.17) is 4.74 Å². The highest BCUT2D eigenvalue weighted by Crippen LogP contribution is 2.34. The lowest BCUT2D eigenvalue weighted by Crippen LogP contribution is -2.21. The summed E-state index contributed by atoms with van der Waals surface area (Å²) >= 11 is 2.77. The van der Waals surface area contributed by atoms with Crippen molar-refractivity contribution in [1.29, 1.82) is 0 Å². The molecule has 14 heteroatoms. The van der Waals surface area contributed by atoms with E-state index >= 15 is 0 Å². The number of carbonyl (C=O) groups is 1. The summed E-state index contributed by atoms with van der Waals surface area (Å²) in [4.78, 5) is 23.6. The number of hydrogen-bond donors (Lipinski definition) is 4. The fraction of sp³-hybridized carbons (Fsp3) is 0.303. The molecule has 0 atom stereocenters. The van der Waals surface area contributed by atoms with Crippen LogP contribution in [-0.4, -0.2) is 69.7 Å². The molecule has 3 heterocycles. The van der Waals surface area contributed by atoms with E-state index in [1.807, 2.05) is 42.2 Å². The zero-order valence-corrected chi connectivity index (χ0v) is 27.6. The van der Waals surface area contributed by atoms with Crippen LogP contribution in [0.25, 0.3) is 10.2 Å². The van der Waals surface area contributed by atoms with Crippen molar-refractivity contribution in [3.05, 3.63) is 76.0 Å². The van der Waals surface area contributed by atoms with Crippen LogP contribution >= 0.6 is 22.7 Å². The van der Waals surface area contributed by atoms with Crippen LogP contribution in [0.4, 0.5) is 26.3 Å². The van der Waals surface area contributed by atoms with Crippen LogP contribution in [0.5, 0.6) is 5.75 Å². The van der Waals surface area contributed by atoms with Crippen LogP contribution in [0, 0.1) is 24.6 Å². The largest absolute Gasteiger partial charge is 0.491 e. The smallest absolute Gasteiger partial charge is 0.355 e. The second kappa shape index (κ2) is 16.2. The number of halogens is 1. The summed E-state index contributed by atoms with van der Waals surface area (Å²) in [5.41, 5.74) is 2.21. The first kappa shape index (κ1) is 33.7. The molecule has 5 aromatic rings. The van der Waals surface area contributed by atoms with E-state index in [9.17, 15) is 19.4 Å². The normalized spacial score (nSPS) is 10.9. The minimum absolute atomic E-state index is 0.0279. The Hall–Kier alpha value is -4.68. The number of aliphatic hydroxyl groups excluding tert-OH is 1. The number of benzene rings is 2. The molecule has 11 nitrogen and oxygen atoms in total. The number of unbranched alkanes of at least 4 members (excludes halogenated alkanes) is 1. The predicted molar refractivity (Wildman–Crippen MR) is 183 cm³/mol. The number of thiazole rings is 2. The number of anilines is 4. The number of fused-ring (bicyclic) bond motifs is 1. The molecule has 0 radical (unpaired) electrons. The Bertz CT molecular complexity index is 1870. The Morgan fingerprint density at radius 3 is 2.68 bits per heavy atom. The Labute approximate surface area is 279 Å². The van der Waals surface area contributed by atoms with E-state index in [1.165, 1.54) is 28.7 Å². The molecule has 5 rings (SSSR count).